The van der Waals surface area contributed by atoms with E-state index in [9.17, 15) is 4.79 Å². The largest absolute Gasteiger partial charge is 0.396 e. The van der Waals surface area contributed by atoms with Crippen LogP contribution in [0.4, 0.5) is 11.5 Å². The maximum Gasteiger partial charge on any atom is 0.242 e. The molecule has 0 bridgehead atoms. The molecule has 6 nitrogen and oxygen atoms in total. The molecule has 0 radical (unpaired) electrons. The number of nitriles is 1. The summed E-state index contributed by atoms with van der Waals surface area (Å²) < 4.78 is 0. The van der Waals surface area contributed by atoms with Crippen LogP contribution in [0.5, 0.6) is 0 Å². The molecule has 1 atom stereocenters. The number of pyridine rings is 1. The van der Waals surface area contributed by atoms with E-state index in [0.717, 1.165) is 0 Å². The normalized spacial score (nSPS) is 19.2. The molecule has 1 fully saturated rings. The lowest BCUT2D eigenvalue weighted by Gasteiger charge is -2.35. The Morgan fingerprint density at radius 1 is 1.67 bits per heavy atom. The fourth-order valence-corrected chi connectivity index (χ4v) is 2.10. The number of piperazine rings is 1. The maximum absolute atomic E-state index is 11.8. The van der Waals surface area contributed by atoms with Crippen molar-refractivity contribution in [1.82, 2.24) is 10.3 Å². The van der Waals surface area contributed by atoms with Gasteiger partial charge in [0, 0.05) is 13.1 Å². The predicted molar refractivity (Wildman–Crippen MR) is 67.8 cm³/mol. The third-order valence-corrected chi connectivity index (χ3v) is 3.03. The van der Waals surface area contributed by atoms with E-state index in [2.05, 4.69) is 10.3 Å². The van der Waals surface area contributed by atoms with Crippen LogP contribution in [0, 0.1) is 11.3 Å². The van der Waals surface area contributed by atoms with Crippen LogP contribution in [0.15, 0.2) is 12.1 Å². The molecule has 1 aliphatic heterocycles. The quantitative estimate of drug-likeness (QED) is 0.778. The summed E-state index contributed by atoms with van der Waals surface area (Å²) in [6.07, 6.45) is 0.694. The number of anilines is 2. The van der Waals surface area contributed by atoms with Crippen LogP contribution in [-0.4, -0.2) is 30.0 Å². The molecular weight excluding hydrogens is 230 g/mol. The van der Waals surface area contributed by atoms with Gasteiger partial charge in [0.15, 0.2) is 5.69 Å². The molecule has 2 heterocycles. The zero-order chi connectivity index (χ0) is 13.1. The summed E-state index contributed by atoms with van der Waals surface area (Å²) in [5, 5.41) is 11.8. The number of rotatable bonds is 2. The molecule has 1 amide bonds. The number of amides is 1. The zero-order valence-electron chi connectivity index (χ0n) is 10.2. The van der Waals surface area contributed by atoms with Crippen molar-refractivity contribution in [3.05, 3.63) is 17.8 Å². The van der Waals surface area contributed by atoms with Crippen molar-refractivity contribution in [1.29, 1.82) is 5.26 Å². The van der Waals surface area contributed by atoms with Crippen LogP contribution in [0.3, 0.4) is 0 Å². The zero-order valence-corrected chi connectivity index (χ0v) is 10.2. The van der Waals surface area contributed by atoms with Gasteiger partial charge in [-0.25, -0.2) is 4.98 Å². The number of nitrogens with one attached hydrogen (secondary N) is 1. The summed E-state index contributed by atoms with van der Waals surface area (Å²) in [7, 11) is 0. The Morgan fingerprint density at radius 2 is 2.44 bits per heavy atom. The first-order valence-corrected chi connectivity index (χ1v) is 5.88. The molecule has 3 N–H and O–H groups in total. The highest BCUT2D eigenvalue weighted by Crippen LogP contribution is 2.21. The van der Waals surface area contributed by atoms with Gasteiger partial charge >= 0.3 is 0 Å². The molecule has 0 spiro atoms. The van der Waals surface area contributed by atoms with Crippen LogP contribution in [0.2, 0.25) is 0 Å². The lowest BCUT2D eigenvalue weighted by Crippen LogP contribution is -2.55. The van der Waals surface area contributed by atoms with Gasteiger partial charge in [-0.3, -0.25) is 4.79 Å². The standard InChI is InChI=1S/C12H15N5O/c1-2-10-12(18)15-5-6-17(10)11-4-3-8(14)9(7-13)16-11/h3-4,10H,2,5-6,14H2,1H3,(H,15,18). The Balaban J connectivity index is 2.35. The van der Waals surface area contributed by atoms with Gasteiger partial charge in [-0.1, -0.05) is 6.92 Å². The van der Waals surface area contributed by atoms with E-state index < -0.39 is 0 Å². The van der Waals surface area contributed by atoms with Crippen LogP contribution in [0.1, 0.15) is 19.0 Å². The Hall–Kier alpha value is -2.29. The van der Waals surface area contributed by atoms with Gasteiger partial charge in [-0.05, 0) is 18.6 Å². The van der Waals surface area contributed by atoms with Crippen LogP contribution < -0.4 is 16.0 Å². The fraction of sp³-hybridized carbons (Fsp3) is 0.417. The van der Waals surface area contributed by atoms with Crippen molar-refractivity contribution >= 4 is 17.4 Å². The Morgan fingerprint density at radius 3 is 3.11 bits per heavy atom. The minimum Gasteiger partial charge on any atom is -0.396 e. The molecule has 2 rings (SSSR count). The highest BCUT2D eigenvalue weighted by molar-refractivity contribution is 5.86. The number of carbonyl (C=O) groups excluding carboxylic acids is 1. The molecule has 1 unspecified atom stereocenters. The maximum atomic E-state index is 11.8. The lowest BCUT2D eigenvalue weighted by atomic mass is 10.1. The molecule has 6 heteroatoms. The second-order valence-corrected chi connectivity index (χ2v) is 4.13. The number of nitrogen functional groups attached to an aromatic ring is 1. The SMILES string of the molecule is CCC1C(=O)NCCN1c1ccc(N)c(C#N)n1. The van der Waals surface area contributed by atoms with Crippen molar-refractivity contribution in [3.63, 3.8) is 0 Å². The van der Waals surface area contributed by atoms with E-state index in [-0.39, 0.29) is 17.6 Å². The van der Waals surface area contributed by atoms with Gasteiger partial charge in [-0.2, -0.15) is 5.26 Å². The fourth-order valence-electron chi connectivity index (χ4n) is 2.10. The number of nitrogens with zero attached hydrogens (tertiary/aromatic N) is 3. The van der Waals surface area contributed by atoms with Gasteiger partial charge in [-0.15, -0.1) is 0 Å². The number of hydrogen-bond acceptors (Lipinski definition) is 5. The average molecular weight is 245 g/mol. The monoisotopic (exact) mass is 245 g/mol. The number of aromatic nitrogens is 1. The van der Waals surface area contributed by atoms with E-state index in [0.29, 0.717) is 31.0 Å². The highest BCUT2D eigenvalue weighted by atomic mass is 16.2. The van der Waals surface area contributed by atoms with Gasteiger partial charge < -0.3 is 16.0 Å². The molecule has 0 aliphatic carbocycles. The topological polar surface area (TPSA) is 95.0 Å². The number of carbonyl (C=O) groups is 1. The van der Waals surface area contributed by atoms with Gasteiger partial charge in [0.1, 0.15) is 17.9 Å². The van der Waals surface area contributed by atoms with E-state index in [4.69, 9.17) is 11.0 Å². The number of hydrogen-bond donors (Lipinski definition) is 2. The summed E-state index contributed by atoms with van der Waals surface area (Å²) in [5.74, 6) is 0.628. The molecule has 1 saturated heterocycles. The molecule has 1 aliphatic rings. The summed E-state index contributed by atoms with van der Waals surface area (Å²) in [6, 6.07) is 5.12. The molecule has 0 saturated carbocycles. The van der Waals surface area contributed by atoms with Gasteiger partial charge in [0.05, 0.1) is 5.69 Å². The van der Waals surface area contributed by atoms with Crippen molar-refractivity contribution in [3.8, 4) is 6.07 Å². The van der Waals surface area contributed by atoms with Crippen molar-refractivity contribution in [2.75, 3.05) is 23.7 Å². The molecule has 94 valence electrons. The second-order valence-electron chi connectivity index (χ2n) is 4.13. The van der Waals surface area contributed by atoms with Gasteiger partial charge in [0.25, 0.3) is 0 Å². The third-order valence-electron chi connectivity index (χ3n) is 3.03. The van der Waals surface area contributed by atoms with E-state index in [1.54, 1.807) is 12.1 Å². The van der Waals surface area contributed by atoms with Crippen LogP contribution in [0.25, 0.3) is 0 Å². The Kier molecular flexibility index (Phi) is 3.33. The summed E-state index contributed by atoms with van der Waals surface area (Å²) in [4.78, 5) is 17.9. The van der Waals surface area contributed by atoms with Crippen molar-refractivity contribution in [2.45, 2.75) is 19.4 Å². The minimum atomic E-state index is -0.235. The Bertz CT molecular complexity index is 508. The first-order valence-electron chi connectivity index (χ1n) is 5.88. The molecule has 1 aromatic heterocycles. The molecule has 1 aromatic rings. The molecule has 18 heavy (non-hydrogen) atoms. The summed E-state index contributed by atoms with van der Waals surface area (Å²) in [6.45, 7) is 3.22. The van der Waals surface area contributed by atoms with E-state index >= 15 is 0 Å². The summed E-state index contributed by atoms with van der Waals surface area (Å²) >= 11 is 0. The smallest absolute Gasteiger partial charge is 0.242 e. The Labute approximate surface area is 105 Å². The predicted octanol–water partition coefficient (Wildman–Crippen LogP) is 0.250. The van der Waals surface area contributed by atoms with E-state index in [1.165, 1.54) is 0 Å². The third kappa shape index (κ3) is 2.07. The number of nitrogens with two attached hydrogens (primary N) is 1. The lowest BCUT2D eigenvalue weighted by molar-refractivity contribution is -0.123. The first kappa shape index (κ1) is 12.2. The first-order chi connectivity index (χ1) is 8.67. The van der Waals surface area contributed by atoms with Crippen molar-refractivity contribution in [2.24, 2.45) is 0 Å². The summed E-state index contributed by atoms with van der Waals surface area (Å²) in [5.41, 5.74) is 6.20. The van der Waals surface area contributed by atoms with Crippen LogP contribution in [-0.2, 0) is 4.79 Å². The minimum absolute atomic E-state index is 0.000817. The molecular formula is C12H15N5O. The second kappa shape index (κ2) is 4.92. The van der Waals surface area contributed by atoms with E-state index in [1.807, 2.05) is 17.9 Å². The van der Waals surface area contributed by atoms with Crippen molar-refractivity contribution < 1.29 is 4.79 Å². The molecule has 0 aromatic carbocycles. The highest BCUT2D eigenvalue weighted by Gasteiger charge is 2.29. The van der Waals surface area contributed by atoms with Crippen LogP contribution >= 0.6 is 0 Å². The average Bonchev–Trinajstić information content (AvgIpc) is 2.39. The van der Waals surface area contributed by atoms with Gasteiger partial charge in [0.2, 0.25) is 5.91 Å².